The predicted molar refractivity (Wildman–Crippen MR) is 88.5 cm³/mol. The Morgan fingerprint density at radius 1 is 1.05 bits per heavy atom. The van der Waals surface area contributed by atoms with E-state index in [4.69, 9.17) is 0 Å². The molecule has 1 fully saturated rings. The van der Waals surface area contributed by atoms with Crippen molar-refractivity contribution in [1.29, 1.82) is 0 Å². The molecule has 0 amide bonds. The molecule has 112 valence electrons. The van der Waals surface area contributed by atoms with Crippen LogP contribution in [-0.4, -0.2) is 11.7 Å². The van der Waals surface area contributed by atoms with E-state index in [1.807, 2.05) is 24.3 Å². The van der Waals surface area contributed by atoms with Crippen LogP contribution >= 0.6 is 0 Å². The molecule has 0 unspecified atom stereocenters. The summed E-state index contributed by atoms with van der Waals surface area (Å²) in [5.41, 5.74) is 1.45. The molecule has 0 aliphatic heterocycles. The summed E-state index contributed by atoms with van der Waals surface area (Å²) in [4.78, 5) is 0. The molecule has 0 bridgehead atoms. The molecule has 2 N–H and O–H groups in total. The second kappa shape index (κ2) is 6.07. The zero-order valence-corrected chi connectivity index (χ0v) is 12.9. The number of hydrogen-bond donors (Lipinski definition) is 2. The summed E-state index contributed by atoms with van der Waals surface area (Å²) in [6.07, 6.45) is 6.75. The molecule has 0 aromatic heterocycles. The summed E-state index contributed by atoms with van der Waals surface area (Å²) in [6.45, 7) is 4.17. The average Bonchev–Trinajstić information content (AvgIpc) is 2.50. The van der Waals surface area contributed by atoms with Crippen LogP contribution in [-0.2, 0) is 6.54 Å². The standard InChI is InChI=1S/C19H25NO/c1-19(11-5-2-6-12-19)14-20-13-17-16-8-4-3-7-15(16)9-10-18(17)21/h3-4,7-10,20-21H,2,5-6,11-14H2,1H3. The fourth-order valence-corrected chi connectivity index (χ4v) is 3.58. The highest BCUT2D eigenvalue weighted by molar-refractivity contribution is 5.87. The fraction of sp³-hybridized carbons (Fsp3) is 0.474. The molecule has 0 saturated heterocycles. The first-order chi connectivity index (χ1) is 10.2. The van der Waals surface area contributed by atoms with Crippen LogP contribution in [0, 0.1) is 5.41 Å². The van der Waals surface area contributed by atoms with Crippen LogP contribution < -0.4 is 5.32 Å². The maximum atomic E-state index is 10.2. The lowest BCUT2D eigenvalue weighted by molar-refractivity contribution is 0.207. The molecular formula is C19H25NO. The molecule has 3 rings (SSSR count). The molecule has 2 aromatic rings. The van der Waals surface area contributed by atoms with Crippen LogP contribution in [0.1, 0.15) is 44.6 Å². The average molecular weight is 283 g/mol. The minimum atomic E-state index is 0.398. The maximum Gasteiger partial charge on any atom is 0.120 e. The second-order valence-corrected chi connectivity index (χ2v) is 6.76. The van der Waals surface area contributed by atoms with Gasteiger partial charge in [0.15, 0.2) is 0 Å². The van der Waals surface area contributed by atoms with Gasteiger partial charge in [0.25, 0.3) is 0 Å². The zero-order chi connectivity index (χ0) is 14.7. The van der Waals surface area contributed by atoms with Crippen LogP contribution in [0.5, 0.6) is 5.75 Å². The minimum Gasteiger partial charge on any atom is -0.508 e. The van der Waals surface area contributed by atoms with Gasteiger partial charge >= 0.3 is 0 Å². The molecule has 2 nitrogen and oxygen atoms in total. The maximum absolute atomic E-state index is 10.2. The van der Waals surface area contributed by atoms with Crippen LogP contribution in [0.15, 0.2) is 36.4 Å². The van der Waals surface area contributed by atoms with Crippen LogP contribution in [0.2, 0.25) is 0 Å². The van der Waals surface area contributed by atoms with Crippen molar-refractivity contribution < 1.29 is 5.11 Å². The Kier molecular flexibility index (Phi) is 4.16. The highest BCUT2D eigenvalue weighted by Crippen LogP contribution is 2.35. The minimum absolute atomic E-state index is 0.398. The number of nitrogens with one attached hydrogen (secondary N) is 1. The fourth-order valence-electron chi connectivity index (χ4n) is 3.58. The van der Waals surface area contributed by atoms with Gasteiger partial charge in [0.1, 0.15) is 5.75 Å². The van der Waals surface area contributed by atoms with Crippen molar-refractivity contribution in [3.8, 4) is 5.75 Å². The first-order valence-corrected chi connectivity index (χ1v) is 8.08. The number of fused-ring (bicyclic) bond motifs is 1. The van der Waals surface area contributed by atoms with E-state index >= 15 is 0 Å². The molecule has 1 aliphatic rings. The summed E-state index contributed by atoms with van der Waals surface area (Å²) >= 11 is 0. The van der Waals surface area contributed by atoms with E-state index in [1.165, 1.54) is 37.5 Å². The van der Waals surface area contributed by atoms with Gasteiger partial charge in [0.2, 0.25) is 0 Å². The first-order valence-electron chi connectivity index (χ1n) is 8.08. The second-order valence-electron chi connectivity index (χ2n) is 6.76. The lowest BCUT2D eigenvalue weighted by atomic mass is 9.76. The van der Waals surface area contributed by atoms with E-state index in [9.17, 15) is 5.11 Å². The van der Waals surface area contributed by atoms with E-state index in [1.54, 1.807) is 0 Å². The monoisotopic (exact) mass is 283 g/mol. The van der Waals surface area contributed by atoms with Gasteiger partial charge in [0.05, 0.1) is 0 Å². The Bertz CT molecular complexity index is 614. The number of aromatic hydroxyl groups is 1. The largest absolute Gasteiger partial charge is 0.508 e. The quantitative estimate of drug-likeness (QED) is 0.859. The van der Waals surface area contributed by atoms with Crippen molar-refractivity contribution in [2.45, 2.75) is 45.6 Å². The van der Waals surface area contributed by atoms with Gasteiger partial charge < -0.3 is 10.4 Å². The Balaban J connectivity index is 1.72. The Morgan fingerprint density at radius 2 is 1.81 bits per heavy atom. The van der Waals surface area contributed by atoms with Gasteiger partial charge in [-0.05, 0) is 35.1 Å². The van der Waals surface area contributed by atoms with Crippen molar-refractivity contribution in [1.82, 2.24) is 5.32 Å². The van der Waals surface area contributed by atoms with Crippen LogP contribution in [0.4, 0.5) is 0 Å². The van der Waals surface area contributed by atoms with Gasteiger partial charge in [-0.1, -0.05) is 56.5 Å². The number of phenolic OH excluding ortho intramolecular Hbond substituents is 1. The molecule has 1 aliphatic carbocycles. The number of hydrogen-bond acceptors (Lipinski definition) is 2. The van der Waals surface area contributed by atoms with Gasteiger partial charge in [-0.25, -0.2) is 0 Å². The van der Waals surface area contributed by atoms with Crippen molar-refractivity contribution in [2.24, 2.45) is 5.41 Å². The van der Waals surface area contributed by atoms with Crippen LogP contribution in [0.25, 0.3) is 10.8 Å². The third-order valence-corrected chi connectivity index (χ3v) is 4.93. The topological polar surface area (TPSA) is 32.3 Å². The smallest absolute Gasteiger partial charge is 0.120 e. The molecule has 2 aromatic carbocycles. The van der Waals surface area contributed by atoms with Gasteiger partial charge in [-0.2, -0.15) is 0 Å². The molecule has 1 saturated carbocycles. The number of benzene rings is 2. The lowest BCUT2D eigenvalue weighted by Gasteiger charge is -2.33. The van der Waals surface area contributed by atoms with Gasteiger partial charge in [-0.3, -0.25) is 0 Å². The normalized spacial score (nSPS) is 18.0. The Morgan fingerprint density at radius 3 is 2.62 bits per heavy atom. The lowest BCUT2D eigenvalue weighted by Crippen LogP contribution is -2.33. The predicted octanol–water partition coefficient (Wildman–Crippen LogP) is 4.61. The zero-order valence-electron chi connectivity index (χ0n) is 12.9. The summed E-state index contributed by atoms with van der Waals surface area (Å²) in [5, 5.41) is 16.1. The molecule has 2 heteroatoms. The van der Waals surface area contributed by atoms with E-state index in [2.05, 4.69) is 24.4 Å². The summed E-state index contributed by atoms with van der Waals surface area (Å²) in [5.74, 6) is 0.398. The highest BCUT2D eigenvalue weighted by atomic mass is 16.3. The van der Waals surface area contributed by atoms with Gasteiger partial charge in [-0.15, -0.1) is 0 Å². The van der Waals surface area contributed by atoms with Crippen molar-refractivity contribution in [3.05, 3.63) is 42.0 Å². The third kappa shape index (κ3) is 3.21. The van der Waals surface area contributed by atoms with Crippen molar-refractivity contribution in [3.63, 3.8) is 0 Å². The molecule has 21 heavy (non-hydrogen) atoms. The van der Waals surface area contributed by atoms with Gasteiger partial charge in [0, 0.05) is 18.7 Å². The third-order valence-electron chi connectivity index (χ3n) is 4.93. The molecule has 0 radical (unpaired) electrons. The number of rotatable bonds is 4. The van der Waals surface area contributed by atoms with Crippen molar-refractivity contribution in [2.75, 3.05) is 6.54 Å². The molecule has 0 atom stereocenters. The van der Waals surface area contributed by atoms with Crippen molar-refractivity contribution >= 4 is 10.8 Å². The van der Waals surface area contributed by atoms with Crippen LogP contribution in [0.3, 0.4) is 0 Å². The number of phenols is 1. The molecule has 0 heterocycles. The van der Waals surface area contributed by atoms with E-state index in [-0.39, 0.29) is 0 Å². The first kappa shape index (κ1) is 14.4. The Hall–Kier alpha value is -1.54. The SMILES string of the molecule is CC1(CNCc2c(O)ccc3ccccc23)CCCCC1. The highest BCUT2D eigenvalue weighted by Gasteiger charge is 2.26. The summed E-state index contributed by atoms with van der Waals surface area (Å²) in [6, 6.07) is 12.1. The van der Waals surface area contributed by atoms with E-state index < -0.39 is 0 Å². The molecular weight excluding hydrogens is 258 g/mol. The van der Waals surface area contributed by atoms with E-state index in [0.717, 1.165) is 24.0 Å². The summed E-state index contributed by atoms with van der Waals surface area (Å²) < 4.78 is 0. The summed E-state index contributed by atoms with van der Waals surface area (Å²) in [7, 11) is 0. The Labute approximate surface area is 127 Å². The molecule has 0 spiro atoms. The van der Waals surface area contributed by atoms with E-state index in [0.29, 0.717) is 11.2 Å².